The number of nitro benzene ring substituents is 1. The molecule has 0 radical (unpaired) electrons. The molecular weight excluding hydrogens is 193 g/mol. The highest BCUT2D eigenvalue weighted by atomic mass is 17.2. The van der Waals surface area contributed by atoms with Gasteiger partial charge in [0.1, 0.15) is 0 Å². The molecule has 0 atom stereocenters. The number of nitro groups is 1. The predicted octanol–water partition coefficient (Wildman–Crippen LogP) is 0.269. The molecule has 7 nitrogen and oxygen atoms in total. The Labute approximate surface area is 78.7 Å². The molecule has 1 aromatic rings. The van der Waals surface area contributed by atoms with Crippen molar-refractivity contribution in [3.05, 3.63) is 34.4 Å². The van der Waals surface area contributed by atoms with Gasteiger partial charge in [0, 0.05) is 12.1 Å². The molecule has 0 saturated heterocycles. The summed E-state index contributed by atoms with van der Waals surface area (Å²) in [6.45, 7) is 0. The molecule has 0 aliphatic carbocycles. The Morgan fingerprint density at radius 3 is 2.50 bits per heavy atom. The zero-order valence-electron chi connectivity index (χ0n) is 6.86. The maximum absolute atomic E-state index is 10.4. The molecular formula is C6H6BNO6. The average molecular weight is 199 g/mol. The minimum atomic E-state index is -1.45. The first-order valence-electron chi connectivity index (χ1n) is 3.54. The van der Waals surface area contributed by atoms with E-state index in [1.165, 1.54) is 18.2 Å². The minimum Gasteiger partial charge on any atom is -0.264 e. The van der Waals surface area contributed by atoms with Crippen molar-refractivity contribution >= 4 is 18.3 Å². The minimum absolute atomic E-state index is 0.129. The fourth-order valence-corrected chi connectivity index (χ4v) is 0.926. The van der Waals surface area contributed by atoms with Gasteiger partial charge >= 0.3 is 7.12 Å². The zero-order valence-corrected chi connectivity index (χ0v) is 6.86. The van der Waals surface area contributed by atoms with Gasteiger partial charge in [-0.3, -0.25) is 30.2 Å². The Balaban J connectivity index is 2.98. The Bertz CT molecular complexity index is 328. The second-order valence-corrected chi connectivity index (χ2v) is 2.39. The summed E-state index contributed by atoms with van der Waals surface area (Å²) in [5, 5.41) is 26.9. The van der Waals surface area contributed by atoms with Crippen molar-refractivity contribution in [3.63, 3.8) is 0 Å². The molecule has 0 aliphatic rings. The van der Waals surface area contributed by atoms with Crippen molar-refractivity contribution in [2.45, 2.75) is 0 Å². The molecule has 0 fully saturated rings. The molecule has 1 aromatic carbocycles. The summed E-state index contributed by atoms with van der Waals surface area (Å²) in [6.07, 6.45) is 0. The van der Waals surface area contributed by atoms with Crippen molar-refractivity contribution < 1.29 is 25.0 Å². The van der Waals surface area contributed by atoms with E-state index in [1.54, 1.807) is 0 Å². The third-order valence-corrected chi connectivity index (χ3v) is 1.54. The van der Waals surface area contributed by atoms with Gasteiger partial charge in [0.25, 0.3) is 5.69 Å². The van der Waals surface area contributed by atoms with Crippen LogP contribution in [0.15, 0.2) is 24.3 Å². The van der Waals surface area contributed by atoms with Gasteiger partial charge in [0.2, 0.25) is 0 Å². The quantitative estimate of drug-likeness (QED) is 0.312. The van der Waals surface area contributed by atoms with Crippen LogP contribution in [0.1, 0.15) is 0 Å². The molecule has 14 heavy (non-hydrogen) atoms. The summed E-state index contributed by atoms with van der Waals surface area (Å²) < 4.78 is 0. The fraction of sp³-hybridized carbons (Fsp3) is 0. The maximum Gasteiger partial charge on any atom is 0.554 e. The summed E-state index contributed by atoms with van der Waals surface area (Å²) in [5.41, 5.74) is -0.0641. The summed E-state index contributed by atoms with van der Waals surface area (Å²) in [4.78, 5) is 17.2. The van der Waals surface area contributed by atoms with Gasteiger partial charge in [0.05, 0.1) is 4.92 Å². The van der Waals surface area contributed by atoms with Crippen LogP contribution in [0.25, 0.3) is 0 Å². The Kier molecular flexibility index (Phi) is 3.54. The number of hydrogen-bond donors (Lipinski definition) is 2. The van der Waals surface area contributed by atoms with E-state index in [-0.39, 0.29) is 11.2 Å². The maximum atomic E-state index is 10.4. The summed E-state index contributed by atoms with van der Waals surface area (Å²) in [5.74, 6) is 0. The third kappa shape index (κ3) is 2.27. The van der Waals surface area contributed by atoms with Crippen molar-refractivity contribution in [2.24, 2.45) is 0 Å². The van der Waals surface area contributed by atoms with Crippen LogP contribution in [0.5, 0.6) is 0 Å². The second-order valence-electron chi connectivity index (χ2n) is 2.39. The topological polar surface area (TPSA) is 102 Å². The van der Waals surface area contributed by atoms with Gasteiger partial charge in [-0.05, 0) is 5.46 Å². The standard InChI is InChI=1S/C6H6BNO6/c9-8(10)6-3-1-2-5(4-6)7(13-11)14-12/h1-4,11-12H. The monoisotopic (exact) mass is 199 g/mol. The van der Waals surface area contributed by atoms with Crippen molar-refractivity contribution in [3.8, 4) is 0 Å². The van der Waals surface area contributed by atoms with Crippen LogP contribution in [0.3, 0.4) is 0 Å². The van der Waals surface area contributed by atoms with Gasteiger partial charge in [-0.2, -0.15) is 0 Å². The SMILES string of the molecule is O=[N+]([O-])c1cccc(B(OO)OO)c1. The number of benzene rings is 1. The smallest absolute Gasteiger partial charge is 0.264 e. The van der Waals surface area contributed by atoms with Crippen molar-refractivity contribution in [1.29, 1.82) is 0 Å². The van der Waals surface area contributed by atoms with Crippen LogP contribution in [0, 0.1) is 10.1 Å². The van der Waals surface area contributed by atoms with E-state index in [0.717, 1.165) is 6.07 Å². The molecule has 0 heterocycles. The number of nitrogens with zero attached hydrogens (tertiary/aromatic N) is 1. The molecule has 0 spiro atoms. The molecule has 0 amide bonds. The van der Waals surface area contributed by atoms with E-state index in [2.05, 4.69) is 9.61 Å². The lowest BCUT2D eigenvalue weighted by molar-refractivity contribution is -0.384. The van der Waals surface area contributed by atoms with E-state index >= 15 is 0 Å². The lowest BCUT2D eigenvalue weighted by Crippen LogP contribution is -2.35. The molecule has 74 valence electrons. The second kappa shape index (κ2) is 4.68. The summed E-state index contributed by atoms with van der Waals surface area (Å²) in [7, 11) is -1.45. The molecule has 0 unspecified atom stereocenters. The Hall–Kier alpha value is -1.48. The molecule has 0 aliphatic heterocycles. The van der Waals surface area contributed by atoms with Crippen LogP contribution in [-0.2, 0) is 9.61 Å². The van der Waals surface area contributed by atoms with Gasteiger partial charge in [-0.25, -0.2) is 0 Å². The van der Waals surface area contributed by atoms with E-state index in [4.69, 9.17) is 10.5 Å². The van der Waals surface area contributed by atoms with E-state index in [1.807, 2.05) is 0 Å². The molecule has 2 N–H and O–H groups in total. The number of hydrogen-bond acceptors (Lipinski definition) is 6. The average Bonchev–Trinajstić information content (AvgIpc) is 2.20. The fourth-order valence-electron chi connectivity index (χ4n) is 0.926. The van der Waals surface area contributed by atoms with Crippen LogP contribution in [0.4, 0.5) is 5.69 Å². The highest BCUT2D eigenvalue weighted by molar-refractivity contribution is 6.60. The third-order valence-electron chi connectivity index (χ3n) is 1.54. The van der Waals surface area contributed by atoms with Gasteiger partial charge < -0.3 is 0 Å². The molecule has 0 saturated carbocycles. The number of rotatable bonds is 4. The Morgan fingerprint density at radius 1 is 1.36 bits per heavy atom. The lowest BCUT2D eigenvalue weighted by atomic mass is 9.80. The number of non-ortho nitro benzene ring substituents is 1. The normalized spacial score (nSPS) is 9.86. The zero-order chi connectivity index (χ0) is 10.6. The lowest BCUT2D eigenvalue weighted by Gasteiger charge is -2.03. The molecule has 8 heteroatoms. The summed E-state index contributed by atoms with van der Waals surface area (Å²) >= 11 is 0. The van der Waals surface area contributed by atoms with Gasteiger partial charge in [-0.15, -0.1) is 0 Å². The predicted molar refractivity (Wildman–Crippen MR) is 45.9 cm³/mol. The van der Waals surface area contributed by atoms with E-state index < -0.39 is 12.0 Å². The van der Waals surface area contributed by atoms with Crippen molar-refractivity contribution in [1.82, 2.24) is 0 Å². The van der Waals surface area contributed by atoms with E-state index in [9.17, 15) is 10.1 Å². The molecule has 0 aromatic heterocycles. The highest BCUT2D eigenvalue weighted by Crippen LogP contribution is 2.07. The van der Waals surface area contributed by atoms with E-state index in [0.29, 0.717) is 0 Å². The summed E-state index contributed by atoms with van der Waals surface area (Å²) in [6, 6.07) is 5.13. The Morgan fingerprint density at radius 2 is 2.00 bits per heavy atom. The first-order valence-corrected chi connectivity index (χ1v) is 3.54. The van der Waals surface area contributed by atoms with Crippen molar-refractivity contribution in [2.75, 3.05) is 0 Å². The van der Waals surface area contributed by atoms with Crippen LogP contribution in [-0.4, -0.2) is 22.6 Å². The van der Waals surface area contributed by atoms with Crippen LogP contribution in [0.2, 0.25) is 0 Å². The highest BCUT2D eigenvalue weighted by Gasteiger charge is 2.23. The first kappa shape index (κ1) is 10.6. The van der Waals surface area contributed by atoms with Gasteiger partial charge in [0.15, 0.2) is 0 Å². The molecule has 1 rings (SSSR count). The first-order chi connectivity index (χ1) is 6.69. The molecule has 0 bridgehead atoms. The van der Waals surface area contributed by atoms with Crippen LogP contribution < -0.4 is 5.46 Å². The van der Waals surface area contributed by atoms with Crippen LogP contribution >= 0.6 is 0 Å². The van der Waals surface area contributed by atoms with Gasteiger partial charge in [-0.1, -0.05) is 12.1 Å². The largest absolute Gasteiger partial charge is 0.554 e.